The minimum absolute atomic E-state index is 0.0150. The third-order valence-corrected chi connectivity index (χ3v) is 3.96. The maximum Gasteiger partial charge on any atom is 0.342 e. The molecule has 23 heavy (non-hydrogen) atoms. The summed E-state index contributed by atoms with van der Waals surface area (Å²) in [7, 11) is 0. The van der Waals surface area contributed by atoms with Gasteiger partial charge in [0.2, 0.25) is 5.91 Å². The van der Waals surface area contributed by atoms with Crippen LogP contribution in [-0.4, -0.2) is 29.8 Å². The Labute approximate surface area is 140 Å². The van der Waals surface area contributed by atoms with Crippen molar-refractivity contribution in [3.05, 3.63) is 18.2 Å². The number of amides is 1. The first kappa shape index (κ1) is 17.6. The van der Waals surface area contributed by atoms with Gasteiger partial charge in [-0.25, -0.2) is 4.79 Å². The summed E-state index contributed by atoms with van der Waals surface area (Å²) in [5.41, 5.74) is 1.24. The zero-order chi connectivity index (χ0) is 16.9. The Balaban J connectivity index is 1.71. The Hall–Kier alpha value is -1.73. The van der Waals surface area contributed by atoms with Gasteiger partial charge in [-0.3, -0.25) is 9.68 Å². The molecular formula is C16H22N2O4S. The van der Waals surface area contributed by atoms with Crippen LogP contribution in [0, 0.1) is 0 Å². The van der Waals surface area contributed by atoms with E-state index in [0.29, 0.717) is 18.7 Å². The molecular weight excluding hydrogens is 316 g/mol. The lowest BCUT2D eigenvalue weighted by molar-refractivity contribution is -0.320. The van der Waals surface area contributed by atoms with Crippen molar-refractivity contribution in [3.8, 4) is 0 Å². The molecule has 0 spiro atoms. The average molecular weight is 338 g/mol. The van der Waals surface area contributed by atoms with Gasteiger partial charge in [0.25, 0.3) is 0 Å². The van der Waals surface area contributed by atoms with E-state index < -0.39 is 5.60 Å². The molecule has 7 heteroatoms. The monoisotopic (exact) mass is 338 g/mol. The number of hydrogen-bond donors (Lipinski definition) is 2. The van der Waals surface area contributed by atoms with Crippen LogP contribution >= 0.6 is 11.8 Å². The number of rotatable bonds is 6. The van der Waals surface area contributed by atoms with Crippen molar-refractivity contribution in [3.63, 3.8) is 0 Å². The van der Waals surface area contributed by atoms with Crippen LogP contribution in [-0.2, 0) is 19.4 Å². The number of thioether (sulfide) groups is 1. The highest BCUT2D eigenvalue weighted by atomic mass is 32.2. The topological polar surface area (TPSA) is 76.7 Å². The summed E-state index contributed by atoms with van der Waals surface area (Å²) in [4.78, 5) is 33.7. The number of anilines is 2. The quantitative estimate of drug-likeness (QED) is 0.471. The molecule has 0 unspecified atom stereocenters. The Morgan fingerprint density at radius 3 is 2.91 bits per heavy atom. The maximum absolute atomic E-state index is 11.5. The largest absolute Gasteiger partial charge is 0.385 e. The third-order valence-electron chi connectivity index (χ3n) is 2.88. The van der Waals surface area contributed by atoms with Gasteiger partial charge in [-0.05, 0) is 45.4 Å². The Morgan fingerprint density at radius 1 is 1.39 bits per heavy atom. The lowest BCUT2D eigenvalue weighted by Gasteiger charge is -2.18. The van der Waals surface area contributed by atoms with Gasteiger partial charge in [0.1, 0.15) is 5.60 Å². The number of nitrogens with one attached hydrogen (secondary N) is 2. The molecule has 0 bridgehead atoms. The van der Waals surface area contributed by atoms with Crippen LogP contribution in [0.5, 0.6) is 0 Å². The zero-order valence-electron chi connectivity index (χ0n) is 13.6. The summed E-state index contributed by atoms with van der Waals surface area (Å²) >= 11 is 1.53. The number of hydrogen-bond acceptors (Lipinski definition) is 6. The van der Waals surface area contributed by atoms with Gasteiger partial charge in [0, 0.05) is 17.1 Å². The lowest BCUT2D eigenvalue weighted by Crippen LogP contribution is -2.22. The molecule has 0 fully saturated rings. The van der Waals surface area contributed by atoms with Crippen LogP contribution in [0.4, 0.5) is 11.4 Å². The first-order valence-electron chi connectivity index (χ1n) is 7.52. The van der Waals surface area contributed by atoms with Crippen LogP contribution in [0.2, 0.25) is 0 Å². The molecule has 0 radical (unpaired) electrons. The van der Waals surface area contributed by atoms with E-state index >= 15 is 0 Å². The minimum Gasteiger partial charge on any atom is -0.385 e. The summed E-state index contributed by atoms with van der Waals surface area (Å²) in [6.45, 7) is 6.07. The molecule has 1 amide bonds. The minimum atomic E-state index is -0.501. The molecule has 1 aromatic carbocycles. The third kappa shape index (κ3) is 6.11. The molecule has 1 heterocycles. The predicted molar refractivity (Wildman–Crippen MR) is 90.4 cm³/mol. The fourth-order valence-electron chi connectivity index (χ4n) is 1.87. The van der Waals surface area contributed by atoms with Crippen LogP contribution in [0.25, 0.3) is 0 Å². The van der Waals surface area contributed by atoms with Crippen molar-refractivity contribution in [2.45, 2.75) is 44.1 Å². The molecule has 2 rings (SSSR count). The molecule has 0 saturated heterocycles. The van der Waals surface area contributed by atoms with Gasteiger partial charge in [0.05, 0.1) is 17.9 Å². The van der Waals surface area contributed by atoms with Crippen LogP contribution < -0.4 is 10.6 Å². The van der Waals surface area contributed by atoms with E-state index in [1.54, 1.807) is 0 Å². The summed E-state index contributed by atoms with van der Waals surface area (Å²) in [6.07, 6.45) is 0.908. The van der Waals surface area contributed by atoms with Gasteiger partial charge in [0.15, 0.2) is 0 Å². The van der Waals surface area contributed by atoms with Crippen LogP contribution in [0.15, 0.2) is 23.1 Å². The smallest absolute Gasteiger partial charge is 0.342 e. The molecule has 1 aliphatic rings. The summed E-state index contributed by atoms with van der Waals surface area (Å²) in [5.74, 6) is 0.0930. The number of fused-ring (bicyclic) bond motifs is 1. The summed E-state index contributed by atoms with van der Waals surface area (Å²) in [6, 6.07) is 5.85. The highest BCUT2D eigenvalue weighted by Crippen LogP contribution is 2.33. The number of carbonyl (C=O) groups is 2. The second-order valence-electron chi connectivity index (χ2n) is 6.23. The Kier molecular flexibility index (Phi) is 5.90. The summed E-state index contributed by atoms with van der Waals surface area (Å²) in [5, 5.41) is 6.08. The van der Waals surface area contributed by atoms with Gasteiger partial charge in [-0.1, -0.05) is 0 Å². The fourth-order valence-corrected chi connectivity index (χ4v) is 2.66. The van der Waals surface area contributed by atoms with Crippen molar-refractivity contribution in [2.75, 3.05) is 22.9 Å². The van der Waals surface area contributed by atoms with Gasteiger partial charge >= 0.3 is 5.97 Å². The van der Waals surface area contributed by atoms with Gasteiger partial charge in [-0.15, -0.1) is 11.8 Å². The number of benzene rings is 1. The van der Waals surface area contributed by atoms with Crippen molar-refractivity contribution in [1.82, 2.24) is 0 Å². The zero-order valence-corrected chi connectivity index (χ0v) is 14.4. The SMILES string of the molecule is CC(C)(C)OOC(=O)CCCNc1ccc2c(c1)NC(=O)CS2. The fraction of sp³-hybridized carbons (Fsp3) is 0.500. The summed E-state index contributed by atoms with van der Waals surface area (Å²) < 4.78 is 0. The van der Waals surface area contributed by atoms with Crippen molar-refractivity contribution < 1.29 is 19.4 Å². The Bertz CT molecular complexity index is 584. The Morgan fingerprint density at radius 2 is 2.17 bits per heavy atom. The molecule has 0 saturated carbocycles. The second-order valence-corrected chi connectivity index (χ2v) is 7.25. The first-order valence-corrected chi connectivity index (χ1v) is 8.51. The van der Waals surface area contributed by atoms with E-state index in [0.717, 1.165) is 16.3 Å². The second kappa shape index (κ2) is 7.70. The van der Waals surface area contributed by atoms with E-state index in [-0.39, 0.29) is 18.3 Å². The molecule has 1 aliphatic heterocycles. The highest BCUT2D eigenvalue weighted by Gasteiger charge is 2.16. The lowest BCUT2D eigenvalue weighted by atomic mass is 10.2. The predicted octanol–water partition coefficient (Wildman–Crippen LogP) is 3.20. The molecule has 1 aromatic rings. The molecule has 126 valence electrons. The standard InChI is InChI=1S/C16H22N2O4S/c1-16(2,3)22-21-15(20)5-4-8-17-11-6-7-13-12(9-11)18-14(19)10-23-13/h6-7,9,17H,4-5,8,10H2,1-3H3,(H,18,19). The first-order chi connectivity index (χ1) is 10.8. The van der Waals surface area contributed by atoms with E-state index in [1.807, 2.05) is 39.0 Å². The van der Waals surface area contributed by atoms with Crippen LogP contribution in [0.1, 0.15) is 33.6 Å². The van der Waals surface area contributed by atoms with Gasteiger partial charge in [-0.2, -0.15) is 4.89 Å². The molecule has 0 aromatic heterocycles. The molecule has 0 atom stereocenters. The van der Waals surface area contributed by atoms with Crippen molar-refractivity contribution in [2.24, 2.45) is 0 Å². The van der Waals surface area contributed by atoms with Crippen LogP contribution in [0.3, 0.4) is 0 Å². The van der Waals surface area contributed by atoms with E-state index in [2.05, 4.69) is 10.6 Å². The number of carbonyl (C=O) groups excluding carboxylic acids is 2. The van der Waals surface area contributed by atoms with Gasteiger partial charge < -0.3 is 10.6 Å². The van der Waals surface area contributed by atoms with E-state index in [1.165, 1.54) is 11.8 Å². The molecule has 0 aliphatic carbocycles. The van der Waals surface area contributed by atoms with E-state index in [4.69, 9.17) is 9.78 Å². The molecule has 2 N–H and O–H groups in total. The normalized spacial score (nSPS) is 14.0. The van der Waals surface area contributed by atoms with Crippen molar-refractivity contribution >= 4 is 35.0 Å². The maximum atomic E-state index is 11.5. The molecule has 6 nitrogen and oxygen atoms in total. The highest BCUT2D eigenvalue weighted by molar-refractivity contribution is 8.00. The van der Waals surface area contributed by atoms with Crippen molar-refractivity contribution in [1.29, 1.82) is 0 Å². The van der Waals surface area contributed by atoms with E-state index in [9.17, 15) is 9.59 Å². The average Bonchev–Trinajstić information content (AvgIpc) is 2.48.